The highest BCUT2D eigenvalue weighted by molar-refractivity contribution is 6.30. The molecule has 1 N–H and O–H groups in total. The first-order valence-corrected chi connectivity index (χ1v) is 11.6. The Kier molecular flexibility index (Phi) is 8.00. The summed E-state index contributed by atoms with van der Waals surface area (Å²) in [5.41, 5.74) is 4.15. The second-order valence-corrected chi connectivity index (χ2v) is 8.83. The maximum absolute atomic E-state index is 10.7. The molecule has 0 saturated heterocycles. The van der Waals surface area contributed by atoms with E-state index in [2.05, 4.69) is 10.1 Å². The van der Waals surface area contributed by atoms with Crippen LogP contribution >= 0.6 is 11.6 Å². The molecular weight excluding hydrogens is 436 g/mol. The molecule has 0 radical (unpaired) electrons. The first-order chi connectivity index (χ1) is 16.1. The van der Waals surface area contributed by atoms with Crippen molar-refractivity contribution < 1.29 is 14.7 Å². The minimum atomic E-state index is -0.653. The normalized spacial score (nSPS) is 16.4. The van der Waals surface area contributed by atoms with Crippen LogP contribution in [0.4, 0.5) is 0 Å². The summed E-state index contributed by atoms with van der Waals surface area (Å²) < 4.78 is 5.86. The van der Waals surface area contributed by atoms with E-state index < -0.39 is 6.10 Å². The summed E-state index contributed by atoms with van der Waals surface area (Å²) in [5, 5.41) is 15.8. The topological polar surface area (TPSA) is 54.3 Å². The lowest BCUT2D eigenvalue weighted by Crippen LogP contribution is -2.39. The fourth-order valence-corrected chi connectivity index (χ4v) is 4.18. The number of rotatable bonds is 10. The van der Waals surface area contributed by atoms with Gasteiger partial charge in [0.1, 0.15) is 24.6 Å². The second-order valence-electron chi connectivity index (χ2n) is 8.39. The van der Waals surface area contributed by atoms with E-state index in [0.29, 0.717) is 24.7 Å². The molecule has 0 saturated carbocycles. The zero-order valence-electron chi connectivity index (χ0n) is 18.7. The van der Waals surface area contributed by atoms with Crippen molar-refractivity contribution in [2.24, 2.45) is 5.16 Å². The minimum absolute atomic E-state index is 0.0797. The van der Waals surface area contributed by atoms with Gasteiger partial charge in [0.05, 0.1) is 5.71 Å². The third-order valence-electron chi connectivity index (χ3n) is 5.59. The van der Waals surface area contributed by atoms with Crippen LogP contribution in [0.3, 0.4) is 0 Å². The Hall–Kier alpha value is -2.86. The van der Waals surface area contributed by atoms with E-state index in [1.165, 1.54) is 0 Å². The maximum atomic E-state index is 10.7. The molecule has 172 valence electrons. The third kappa shape index (κ3) is 6.81. The molecule has 4 rings (SSSR count). The van der Waals surface area contributed by atoms with Crippen LogP contribution in [0, 0.1) is 6.92 Å². The Labute approximate surface area is 200 Å². The van der Waals surface area contributed by atoms with Gasteiger partial charge in [-0.2, -0.15) is 0 Å². The van der Waals surface area contributed by atoms with Crippen LogP contribution in [0.5, 0.6) is 5.75 Å². The molecule has 1 heterocycles. The molecule has 33 heavy (non-hydrogen) atoms. The van der Waals surface area contributed by atoms with Gasteiger partial charge in [-0.1, -0.05) is 77.4 Å². The number of oxime groups is 1. The number of benzene rings is 3. The molecule has 1 aliphatic heterocycles. The van der Waals surface area contributed by atoms with E-state index in [4.69, 9.17) is 21.2 Å². The van der Waals surface area contributed by atoms with Crippen molar-refractivity contribution in [2.75, 3.05) is 19.7 Å². The SMILES string of the molecule is Cc1ccccc1OCC(O)CN(Cc1cccc(Cl)c1)CC1CC(c2ccccc2)=NO1. The lowest BCUT2D eigenvalue weighted by molar-refractivity contribution is 0.0212. The summed E-state index contributed by atoms with van der Waals surface area (Å²) in [6, 6.07) is 25.7. The third-order valence-corrected chi connectivity index (χ3v) is 5.83. The Balaban J connectivity index is 1.38. The number of aryl methyl sites for hydroxylation is 1. The van der Waals surface area contributed by atoms with Crippen LogP contribution in [0.2, 0.25) is 5.02 Å². The number of aliphatic hydroxyl groups is 1. The van der Waals surface area contributed by atoms with E-state index in [9.17, 15) is 5.11 Å². The highest BCUT2D eigenvalue weighted by atomic mass is 35.5. The number of hydrogen-bond donors (Lipinski definition) is 1. The molecule has 3 aromatic carbocycles. The van der Waals surface area contributed by atoms with Crippen LogP contribution < -0.4 is 4.74 Å². The summed E-state index contributed by atoms with van der Waals surface area (Å²) in [5.74, 6) is 0.790. The predicted octanol–water partition coefficient (Wildman–Crippen LogP) is 5.08. The van der Waals surface area contributed by atoms with E-state index in [-0.39, 0.29) is 12.7 Å². The Morgan fingerprint density at radius 3 is 2.67 bits per heavy atom. The Morgan fingerprint density at radius 2 is 1.88 bits per heavy atom. The summed E-state index contributed by atoms with van der Waals surface area (Å²) in [7, 11) is 0. The highest BCUT2D eigenvalue weighted by Gasteiger charge is 2.26. The summed E-state index contributed by atoms with van der Waals surface area (Å²) >= 11 is 6.19. The molecule has 0 bridgehead atoms. The van der Waals surface area contributed by atoms with E-state index >= 15 is 0 Å². The van der Waals surface area contributed by atoms with Gasteiger partial charge in [0.15, 0.2) is 0 Å². The average Bonchev–Trinajstić information content (AvgIpc) is 3.27. The van der Waals surface area contributed by atoms with Crippen LogP contribution in [0.25, 0.3) is 0 Å². The predicted molar refractivity (Wildman–Crippen MR) is 132 cm³/mol. The number of halogens is 1. The first kappa shape index (κ1) is 23.3. The molecule has 2 atom stereocenters. The van der Waals surface area contributed by atoms with Gasteiger partial charge >= 0.3 is 0 Å². The number of nitrogens with zero attached hydrogens (tertiary/aromatic N) is 2. The molecule has 3 aromatic rings. The lowest BCUT2D eigenvalue weighted by atomic mass is 10.0. The smallest absolute Gasteiger partial charge is 0.145 e. The molecule has 0 spiro atoms. The van der Waals surface area contributed by atoms with E-state index in [0.717, 1.165) is 34.6 Å². The van der Waals surface area contributed by atoms with Gasteiger partial charge in [-0.05, 0) is 41.8 Å². The molecular formula is C27H29ClN2O3. The first-order valence-electron chi connectivity index (χ1n) is 11.2. The van der Waals surface area contributed by atoms with Crippen molar-refractivity contribution in [3.63, 3.8) is 0 Å². The minimum Gasteiger partial charge on any atom is -0.491 e. The van der Waals surface area contributed by atoms with Gasteiger partial charge < -0.3 is 14.7 Å². The molecule has 2 unspecified atom stereocenters. The van der Waals surface area contributed by atoms with Gasteiger partial charge in [0.2, 0.25) is 0 Å². The van der Waals surface area contributed by atoms with E-state index in [1.807, 2.05) is 85.8 Å². The van der Waals surface area contributed by atoms with Gasteiger partial charge in [0.25, 0.3) is 0 Å². The van der Waals surface area contributed by atoms with Crippen LogP contribution in [-0.2, 0) is 11.4 Å². The van der Waals surface area contributed by atoms with Crippen LogP contribution in [0.1, 0.15) is 23.1 Å². The lowest BCUT2D eigenvalue weighted by Gasteiger charge is -2.27. The number of hydrogen-bond acceptors (Lipinski definition) is 5. The number of aliphatic hydroxyl groups excluding tert-OH is 1. The van der Waals surface area contributed by atoms with Crippen LogP contribution in [-0.4, -0.2) is 47.6 Å². The van der Waals surface area contributed by atoms with Crippen molar-refractivity contribution in [3.8, 4) is 5.75 Å². The van der Waals surface area contributed by atoms with E-state index in [1.54, 1.807) is 0 Å². The molecule has 5 nitrogen and oxygen atoms in total. The van der Waals surface area contributed by atoms with Crippen LogP contribution in [0.15, 0.2) is 84.0 Å². The number of ether oxygens (including phenoxy) is 1. The van der Waals surface area contributed by atoms with Crippen molar-refractivity contribution >= 4 is 17.3 Å². The standard InChI is InChI=1S/C27H29ClN2O3/c1-20-8-5-6-13-27(20)32-19-24(31)17-30(16-21-9-7-12-23(28)14-21)18-25-15-26(29-33-25)22-10-3-2-4-11-22/h2-14,24-25,31H,15-19H2,1H3. The molecule has 6 heteroatoms. The quantitative estimate of drug-likeness (QED) is 0.454. The second kappa shape index (κ2) is 11.3. The average molecular weight is 465 g/mol. The zero-order chi connectivity index (χ0) is 23.0. The maximum Gasteiger partial charge on any atom is 0.145 e. The van der Waals surface area contributed by atoms with Crippen molar-refractivity contribution in [3.05, 3.63) is 101 Å². The number of para-hydroxylation sites is 1. The fraction of sp³-hybridized carbons (Fsp3) is 0.296. The zero-order valence-corrected chi connectivity index (χ0v) is 19.5. The molecule has 0 aromatic heterocycles. The largest absolute Gasteiger partial charge is 0.491 e. The monoisotopic (exact) mass is 464 g/mol. The van der Waals surface area contributed by atoms with Crippen molar-refractivity contribution in [1.29, 1.82) is 0 Å². The Bertz CT molecular complexity index is 1070. The van der Waals surface area contributed by atoms with Gasteiger partial charge in [-0.25, -0.2) is 0 Å². The van der Waals surface area contributed by atoms with Crippen molar-refractivity contribution in [1.82, 2.24) is 4.90 Å². The summed E-state index contributed by atoms with van der Waals surface area (Å²) in [4.78, 5) is 7.92. The van der Waals surface area contributed by atoms with Gasteiger partial charge in [-0.15, -0.1) is 0 Å². The highest BCUT2D eigenvalue weighted by Crippen LogP contribution is 2.20. The molecule has 1 aliphatic rings. The van der Waals surface area contributed by atoms with Crippen molar-refractivity contribution in [2.45, 2.75) is 32.1 Å². The molecule has 0 amide bonds. The Morgan fingerprint density at radius 1 is 1.09 bits per heavy atom. The summed E-state index contributed by atoms with van der Waals surface area (Å²) in [6.07, 6.45) is -0.00475. The van der Waals surface area contributed by atoms with Gasteiger partial charge in [-0.3, -0.25) is 4.90 Å². The van der Waals surface area contributed by atoms with Gasteiger partial charge in [0, 0.05) is 31.1 Å². The molecule has 0 fully saturated rings. The fourth-order valence-electron chi connectivity index (χ4n) is 3.97. The summed E-state index contributed by atoms with van der Waals surface area (Å²) in [6.45, 7) is 3.93. The molecule has 0 aliphatic carbocycles.